The molecule has 134 valence electrons. The number of nitrogens with zero attached hydrogens (tertiary/aromatic N) is 4. The second-order valence-corrected chi connectivity index (χ2v) is 7.77. The van der Waals surface area contributed by atoms with E-state index >= 15 is 0 Å². The predicted molar refractivity (Wildman–Crippen MR) is 104 cm³/mol. The van der Waals surface area contributed by atoms with Gasteiger partial charge in [0.25, 0.3) is 0 Å². The molecule has 1 aromatic carbocycles. The summed E-state index contributed by atoms with van der Waals surface area (Å²) in [6.07, 6.45) is 1.55. The summed E-state index contributed by atoms with van der Waals surface area (Å²) in [4.78, 5) is 23.0. The molecular weight excluding hydrogens is 368 g/mol. The third-order valence-corrected chi connectivity index (χ3v) is 6.19. The number of morpholine rings is 1. The van der Waals surface area contributed by atoms with Crippen molar-refractivity contribution in [2.24, 2.45) is 0 Å². The molecule has 1 amide bonds. The number of ether oxygens (including phenoxy) is 1. The largest absolute Gasteiger partial charge is 0.378 e. The van der Waals surface area contributed by atoms with Gasteiger partial charge in [0.15, 0.2) is 0 Å². The van der Waals surface area contributed by atoms with E-state index in [2.05, 4.69) is 45.5 Å². The molecule has 0 bridgehead atoms. The highest BCUT2D eigenvalue weighted by atomic mass is 32.2. The molecule has 2 aromatic heterocycles. The highest BCUT2D eigenvalue weighted by molar-refractivity contribution is 8.00. The molecule has 3 heterocycles. The summed E-state index contributed by atoms with van der Waals surface area (Å²) in [5, 5.41) is 0.812. The van der Waals surface area contributed by atoms with E-state index in [-0.39, 0.29) is 5.91 Å². The molecule has 8 heteroatoms. The summed E-state index contributed by atoms with van der Waals surface area (Å²) in [5.74, 6) is 0.484. The highest BCUT2D eigenvalue weighted by Gasteiger charge is 2.19. The van der Waals surface area contributed by atoms with Crippen molar-refractivity contribution in [3.63, 3.8) is 0 Å². The molecule has 0 spiro atoms. The number of thioether (sulfide) groups is 1. The molecule has 1 fully saturated rings. The molecule has 4 rings (SSSR count). The van der Waals surface area contributed by atoms with Crippen LogP contribution in [0.25, 0.3) is 21.5 Å². The first-order chi connectivity index (χ1) is 12.7. The van der Waals surface area contributed by atoms with Gasteiger partial charge in [-0.2, -0.15) is 4.37 Å². The fraction of sp³-hybridized carbons (Fsp3) is 0.333. The van der Waals surface area contributed by atoms with Gasteiger partial charge >= 0.3 is 0 Å². The average molecular weight is 387 g/mol. The minimum Gasteiger partial charge on any atom is -0.378 e. The minimum absolute atomic E-state index is 0.119. The third-order valence-electron chi connectivity index (χ3n) is 4.24. The van der Waals surface area contributed by atoms with Crippen LogP contribution in [-0.4, -0.2) is 57.2 Å². The van der Waals surface area contributed by atoms with Crippen molar-refractivity contribution in [2.75, 3.05) is 32.1 Å². The number of fused-ring (bicyclic) bond motifs is 1. The number of aromatic nitrogens is 3. The van der Waals surface area contributed by atoms with Gasteiger partial charge in [-0.3, -0.25) is 4.79 Å². The fourth-order valence-corrected chi connectivity index (χ4v) is 4.60. The van der Waals surface area contributed by atoms with Gasteiger partial charge in [-0.05, 0) is 18.5 Å². The van der Waals surface area contributed by atoms with Crippen LogP contribution in [0.2, 0.25) is 0 Å². The Bertz CT molecular complexity index is 921. The van der Waals surface area contributed by atoms with Crippen molar-refractivity contribution in [2.45, 2.75) is 11.9 Å². The van der Waals surface area contributed by atoms with Gasteiger partial charge < -0.3 is 9.64 Å². The highest BCUT2D eigenvalue weighted by Crippen LogP contribution is 2.34. The maximum Gasteiger partial charge on any atom is 0.233 e. The van der Waals surface area contributed by atoms with Crippen LogP contribution in [0.5, 0.6) is 0 Å². The molecule has 0 aliphatic carbocycles. The second-order valence-electron chi connectivity index (χ2n) is 6.04. The van der Waals surface area contributed by atoms with Gasteiger partial charge in [0, 0.05) is 18.7 Å². The van der Waals surface area contributed by atoms with Crippen molar-refractivity contribution < 1.29 is 9.53 Å². The monoisotopic (exact) mass is 386 g/mol. The average Bonchev–Trinajstić information content (AvgIpc) is 3.12. The number of hydrogen-bond acceptors (Lipinski definition) is 7. The zero-order valence-corrected chi connectivity index (χ0v) is 16.0. The molecule has 0 radical (unpaired) electrons. The molecule has 26 heavy (non-hydrogen) atoms. The zero-order valence-electron chi connectivity index (χ0n) is 14.3. The van der Waals surface area contributed by atoms with Gasteiger partial charge in [-0.15, -0.1) is 0 Å². The van der Waals surface area contributed by atoms with Crippen LogP contribution >= 0.6 is 23.3 Å². The number of hydrogen-bond donors (Lipinski definition) is 0. The summed E-state index contributed by atoms with van der Waals surface area (Å²) >= 11 is 2.84. The smallest absolute Gasteiger partial charge is 0.233 e. The van der Waals surface area contributed by atoms with E-state index in [0.717, 1.165) is 26.5 Å². The lowest BCUT2D eigenvalue weighted by molar-refractivity contribution is -0.132. The van der Waals surface area contributed by atoms with E-state index in [1.807, 2.05) is 4.90 Å². The van der Waals surface area contributed by atoms with Gasteiger partial charge in [0.1, 0.15) is 27.3 Å². The molecule has 6 nitrogen and oxygen atoms in total. The molecule has 0 saturated carbocycles. The normalized spacial score (nSPS) is 14.7. The number of rotatable bonds is 4. The Morgan fingerprint density at radius 1 is 1.23 bits per heavy atom. The van der Waals surface area contributed by atoms with Crippen LogP contribution in [0, 0.1) is 6.92 Å². The summed E-state index contributed by atoms with van der Waals surface area (Å²) in [6, 6.07) is 8.25. The first kappa shape index (κ1) is 17.4. The minimum atomic E-state index is 0.119. The third kappa shape index (κ3) is 3.58. The van der Waals surface area contributed by atoms with Gasteiger partial charge in [0.2, 0.25) is 5.91 Å². The molecule has 1 aliphatic rings. The lowest BCUT2D eigenvalue weighted by Gasteiger charge is -2.26. The molecule has 1 saturated heterocycles. The van der Waals surface area contributed by atoms with Gasteiger partial charge in [-0.1, -0.05) is 41.6 Å². The van der Waals surface area contributed by atoms with Crippen molar-refractivity contribution in [1.29, 1.82) is 0 Å². The number of amides is 1. The number of carbonyl (C=O) groups is 1. The number of carbonyl (C=O) groups excluding carboxylic acids is 1. The molecule has 0 unspecified atom stereocenters. The topological polar surface area (TPSA) is 68.2 Å². The Balaban J connectivity index is 1.55. The lowest BCUT2D eigenvalue weighted by atomic mass is 10.1. The first-order valence-corrected chi connectivity index (χ1v) is 10.1. The SMILES string of the molecule is Cc1ccc(-c2nsc3c(SCC(=O)N4CCOCC4)ncnc23)cc1. The van der Waals surface area contributed by atoms with Gasteiger partial charge in [-0.25, -0.2) is 9.97 Å². The second kappa shape index (κ2) is 7.69. The molecular formula is C18H18N4O2S2. The van der Waals surface area contributed by atoms with E-state index in [1.165, 1.54) is 28.9 Å². The maximum atomic E-state index is 12.4. The summed E-state index contributed by atoms with van der Waals surface area (Å²) in [7, 11) is 0. The first-order valence-electron chi connectivity index (χ1n) is 8.38. The Kier molecular flexibility index (Phi) is 5.14. The van der Waals surface area contributed by atoms with E-state index in [1.54, 1.807) is 6.33 Å². The Labute approximate surface area is 159 Å². The van der Waals surface area contributed by atoms with Gasteiger partial charge in [0.05, 0.1) is 19.0 Å². The predicted octanol–water partition coefficient (Wildman–Crippen LogP) is 3.01. The molecule has 1 aliphatic heterocycles. The van der Waals surface area contributed by atoms with Crippen molar-refractivity contribution in [1.82, 2.24) is 19.2 Å². The fourth-order valence-electron chi connectivity index (χ4n) is 2.78. The zero-order chi connectivity index (χ0) is 17.9. The standard InChI is InChI=1S/C18H18N4O2S2/c1-12-2-4-13(5-3-12)15-16-17(26-21-15)18(20-11-19-16)25-10-14(23)22-6-8-24-9-7-22/h2-5,11H,6-10H2,1H3. The molecule has 0 N–H and O–H groups in total. The quantitative estimate of drug-likeness (QED) is 0.507. The molecule has 0 atom stereocenters. The van der Waals surface area contributed by atoms with Crippen LogP contribution in [-0.2, 0) is 9.53 Å². The van der Waals surface area contributed by atoms with E-state index in [9.17, 15) is 4.79 Å². The van der Waals surface area contributed by atoms with E-state index in [0.29, 0.717) is 32.1 Å². The van der Waals surface area contributed by atoms with E-state index in [4.69, 9.17) is 4.74 Å². The lowest BCUT2D eigenvalue weighted by Crippen LogP contribution is -2.41. The summed E-state index contributed by atoms with van der Waals surface area (Å²) in [5.41, 5.74) is 3.96. The summed E-state index contributed by atoms with van der Waals surface area (Å²) < 4.78 is 10.8. The molecule has 3 aromatic rings. The van der Waals surface area contributed by atoms with Crippen LogP contribution in [0.15, 0.2) is 35.6 Å². The number of benzene rings is 1. The maximum absolute atomic E-state index is 12.4. The van der Waals surface area contributed by atoms with E-state index < -0.39 is 0 Å². The Hall–Kier alpha value is -2.03. The van der Waals surface area contributed by atoms with Crippen LogP contribution in [0.1, 0.15) is 5.56 Å². The van der Waals surface area contributed by atoms with Crippen LogP contribution in [0.4, 0.5) is 0 Å². The van der Waals surface area contributed by atoms with Crippen molar-refractivity contribution in [3.05, 3.63) is 36.2 Å². The van der Waals surface area contributed by atoms with Crippen molar-refractivity contribution in [3.8, 4) is 11.3 Å². The van der Waals surface area contributed by atoms with Crippen molar-refractivity contribution >= 4 is 39.4 Å². The Morgan fingerprint density at radius 3 is 2.77 bits per heavy atom. The number of aryl methyl sites for hydroxylation is 1. The van der Waals surface area contributed by atoms with Crippen LogP contribution in [0.3, 0.4) is 0 Å². The van der Waals surface area contributed by atoms with Crippen LogP contribution < -0.4 is 0 Å². The Morgan fingerprint density at radius 2 is 2.00 bits per heavy atom. The summed E-state index contributed by atoms with van der Waals surface area (Å²) in [6.45, 7) is 4.62.